The second-order valence-electron chi connectivity index (χ2n) is 6.45. The number of hydrogen-bond donors (Lipinski definition) is 0. The van der Waals surface area contributed by atoms with E-state index in [2.05, 4.69) is 6.07 Å². The molecule has 4 saturated carbocycles. The smallest absolute Gasteiger partial charge is 0.147 e. The summed E-state index contributed by atoms with van der Waals surface area (Å²) in [6, 6.07) is 2.31. The molecule has 0 aromatic heterocycles. The molecule has 0 amide bonds. The summed E-state index contributed by atoms with van der Waals surface area (Å²) in [4.78, 5) is 11.7. The van der Waals surface area contributed by atoms with Crippen LogP contribution in [0.1, 0.15) is 45.4 Å². The van der Waals surface area contributed by atoms with Crippen molar-refractivity contribution in [3.63, 3.8) is 0 Å². The van der Waals surface area contributed by atoms with Crippen molar-refractivity contribution in [2.75, 3.05) is 0 Å². The Morgan fingerprint density at radius 2 is 1.62 bits per heavy atom. The predicted octanol–water partition coefficient (Wildman–Crippen LogP) is 2.93. The van der Waals surface area contributed by atoms with Crippen LogP contribution in [-0.4, -0.2) is 5.78 Å². The third-order valence-electron chi connectivity index (χ3n) is 5.23. The van der Waals surface area contributed by atoms with Gasteiger partial charge in [0.1, 0.15) is 11.7 Å². The van der Waals surface area contributed by atoms with Crippen molar-refractivity contribution in [1.29, 1.82) is 5.26 Å². The third-order valence-corrected chi connectivity index (χ3v) is 5.23. The Morgan fingerprint density at radius 1 is 1.19 bits per heavy atom. The van der Waals surface area contributed by atoms with Gasteiger partial charge in [0, 0.05) is 0 Å². The van der Waals surface area contributed by atoms with Gasteiger partial charge in [-0.15, -0.1) is 0 Å². The Morgan fingerprint density at radius 3 is 1.94 bits per heavy atom. The van der Waals surface area contributed by atoms with Crippen LogP contribution in [0.25, 0.3) is 0 Å². The molecule has 4 rings (SSSR count). The number of carbonyl (C=O) groups excluding carboxylic acids is 1. The van der Waals surface area contributed by atoms with Gasteiger partial charge in [-0.25, -0.2) is 0 Å². The summed E-state index contributed by atoms with van der Waals surface area (Å²) < 4.78 is 0. The molecule has 0 aromatic carbocycles. The first-order chi connectivity index (χ1) is 7.63. The van der Waals surface area contributed by atoms with Crippen molar-refractivity contribution in [2.45, 2.75) is 45.4 Å². The summed E-state index contributed by atoms with van der Waals surface area (Å²) in [6.45, 7) is 1.60. The minimum Gasteiger partial charge on any atom is -0.299 e. The number of rotatable bonds is 2. The van der Waals surface area contributed by atoms with Crippen molar-refractivity contribution in [2.24, 2.45) is 29.1 Å². The van der Waals surface area contributed by atoms with Crippen LogP contribution in [0.5, 0.6) is 0 Å². The lowest BCUT2D eigenvalue weighted by Gasteiger charge is -2.57. The van der Waals surface area contributed by atoms with Crippen molar-refractivity contribution >= 4 is 5.78 Å². The molecule has 1 unspecified atom stereocenters. The lowest BCUT2D eigenvalue weighted by molar-refractivity contribution is -0.131. The normalized spacial score (nSPS) is 46.4. The zero-order valence-electron chi connectivity index (χ0n) is 9.91. The summed E-state index contributed by atoms with van der Waals surface area (Å²) >= 11 is 0. The molecule has 4 fully saturated rings. The molecule has 0 heterocycles. The SMILES string of the molecule is CC(=O)C(C#N)C12CC3CC(CC(C3)C1)C2. The van der Waals surface area contributed by atoms with E-state index in [1.807, 2.05) is 0 Å². The average molecular weight is 217 g/mol. The van der Waals surface area contributed by atoms with E-state index in [-0.39, 0.29) is 17.1 Å². The quantitative estimate of drug-likeness (QED) is 0.713. The zero-order chi connectivity index (χ0) is 11.3. The highest BCUT2D eigenvalue weighted by Gasteiger charge is 2.55. The molecule has 0 aromatic rings. The third kappa shape index (κ3) is 1.34. The van der Waals surface area contributed by atoms with E-state index in [1.54, 1.807) is 6.92 Å². The summed E-state index contributed by atoms with van der Waals surface area (Å²) in [5, 5.41) is 9.29. The van der Waals surface area contributed by atoms with Crippen LogP contribution in [-0.2, 0) is 4.79 Å². The van der Waals surface area contributed by atoms with Crippen LogP contribution < -0.4 is 0 Å². The van der Waals surface area contributed by atoms with Crippen LogP contribution in [0.2, 0.25) is 0 Å². The first-order valence-corrected chi connectivity index (χ1v) is 6.53. The molecule has 0 radical (unpaired) electrons. The van der Waals surface area contributed by atoms with Crippen LogP contribution >= 0.6 is 0 Å². The topological polar surface area (TPSA) is 40.9 Å². The fourth-order valence-electron chi connectivity index (χ4n) is 5.19. The maximum absolute atomic E-state index is 11.7. The van der Waals surface area contributed by atoms with Gasteiger partial charge < -0.3 is 0 Å². The molecular formula is C14H19NO. The van der Waals surface area contributed by atoms with E-state index in [1.165, 1.54) is 19.3 Å². The molecule has 1 atom stereocenters. The second-order valence-corrected chi connectivity index (χ2v) is 6.45. The summed E-state index contributed by atoms with van der Waals surface area (Å²) in [6.07, 6.45) is 7.56. The average Bonchev–Trinajstić information content (AvgIpc) is 2.14. The van der Waals surface area contributed by atoms with E-state index in [0.29, 0.717) is 0 Å². The van der Waals surface area contributed by atoms with E-state index in [4.69, 9.17) is 0 Å². The highest BCUT2D eigenvalue weighted by Crippen LogP contribution is 2.62. The van der Waals surface area contributed by atoms with Crippen molar-refractivity contribution in [3.05, 3.63) is 0 Å². The molecule has 4 aliphatic rings. The summed E-state index contributed by atoms with van der Waals surface area (Å²) in [7, 11) is 0. The van der Waals surface area contributed by atoms with Gasteiger partial charge in [0.05, 0.1) is 6.07 Å². The minimum absolute atomic E-state index is 0.0787. The molecule has 2 nitrogen and oxygen atoms in total. The van der Waals surface area contributed by atoms with Crippen molar-refractivity contribution < 1.29 is 4.79 Å². The molecule has 86 valence electrons. The van der Waals surface area contributed by atoms with Gasteiger partial charge >= 0.3 is 0 Å². The van der Waals surface area contributed by atoms with E-state index >= 15 is 0 Å². The van der Waals surface area contributed by atoms with Gasteiger partial charge in [-0.1, -0.05) is 0 Å². The zero-order valence-corrected chi connectivity index (χ0v) is 9.91. The summed E-state index contributed by atoms with van der Waals surface area (Å²) in [5.41, 5.74) is 0.0787. The molecule has 4 bridgehead atoms. The Labute approximate surface area is 97.0 Å². The fourth-order valence-corrected chi connectivity index (χ4v) is 5.19. The second kappa shape index (κ2) is 3.32. The van der Waals surface area contributed by atoms with E-state index in [0.717, 1.165) is 37.0 Å². The van der Waals surface area contributed by atoms with E-state index < -0.39 is 0 Å². The first kappa shape index (κ1) is 10.3. The van der Waals surface area contributed by atoms with Crippen LogP contribution in [0.15, 0.2) is 0 Å². The van der Waals surface area contributed by atoms with E-state index in [9.17, 15) is 10.1 Å². The maximum atomic E-state index is 11.7. The Kier molecular flexibility index (Phi) is 2.14. The monoisotopic (exact) mass is 217 g/mol. The van der Waals surface area contributed by atoms with Gasteiger partial charge in [0.25, 0.3) is 0 Å². The molecule has 0 spiro atoms. The summed E-state index contributed by atoms with van der Waals surface area (Å²) in [5.74, 6) is 2.25. The van der Waals surface area contributed by atoms with Gasteiger partial charge in [0.2, 0.25) is 0 Å². The predicted molar refractivity (Wildman–Crippen MR) is 60.4 cm³/mol. The number of ketones is 1. The van der Waals surface area contributed by atoms with Gasteiger partial charge in [0.15, 0.2) is 0 Å². The highest BCUT2D eigenvalue weighted by atomic mass is 16.1. The standard InChI is InChI=1S/C14H19NO/c1-9(16)13(8-15)14-5-10-2-11(6-14)4-12(3-10)7-14/h10-13H,2-7H2,1H3. The van der Waals surface area contributed by atoms with Gasteiger partial charge in [-0.3, -0.25) is 4.79 Å². The Balaban J connectivity index is 1.93. The first-order valence-electron chi connectivity index (χ1n) is 6.53. The van der Waals surface area contributed by atoms with Crippen LogP contribution in [0.3, 0.4) is 0 Å². The van der Waals surface area contributed by atoms with Crippen molar-refractivity contribution in [1.82, 2.24) is 0 Å². The van der Waals surface area contributed by atoms with Crippen LogP contribution in [0, 0.1) is 40.4 Å². The highest BCUT2D eigenvalue weighted by molar-refractivity contribution is 5.81. The molecule has 2 heteroatoms. The Hall–Kier alpha value is -0.840. The molecule has 16 heavy (non-hydrogen) atoms. The minimum atomic E-state index is -0.319. The largest absolute Gasteiger partial charge is 0.299 e. The maximum Gasteiger partial charge on any atom is 0.147 e. The van der Waals surface area contributed by atoms with Crippen molar-refractivity contribution in [3.8, 4) is 6.07 Å². The molecule has 0 aliphatic heterocycles. The lowest BCUT2D eigenvalue weighted by atomic mass is 9.46. The molecule has 0 saturated heterocycles. The van der Waals surface area contributed by atoms with Gasteiger partial charge in [-0.2, -0.15) is 5.26 Å². The van der Waals surface area contributed by atoms with Crippen LogP contribution in [0.4, 0.5) is 0 Å². The number of carbonyl (C=O) groups is 1. The number of nitriles is 1. The van der Waals surface area contributed by atoms with Gasteiger partial charge in [-0.05, 0) is 68.6 Å². The number of Topliss-reactive ketones (excluding diaryl/α,β-unsaturated/α-hetero) is 1. The Bertz CT molecular complexity index is 330. The molecular weight excluding hydrogens is 198 g/mol. The lowest BCUT2D eigenvalue weighted by Crippen LogP contribution is -2.50. The number of nitrogens with zero attached hydrogens (tertiary/aromatic N) is 1. The molecule has 0 N–H and O–H groups in total. The molecule has 4 aliphatic carbocycles. The fraction of sp³-hybridized carbons (Fsp3) is 0.857. The number of hydrogen-bond acceptors (Lipinski definition) is 2.